The van der Waals surface area contributed by atoms with Gasteiger partial charge < -0.3 is 5.32 Å². The number of halogens is 1. The van der Waals surface area contributed by atoms with Crippen LogP contribution < -0.4 is 10.9 Å². The van der Waals surface area contributed by atoms with Gasteiger partial charge in [-0.05, 0) is 36.3 Å². The SMILES string of the molecule is CC[C@@H](NC(=O)CCc1n[nH]c(=S)[nH]c1=O)c1ccc(Br)cc1. The molecule has 1 heterocycles. The lowest BCUT2D eigenvalue weighted by Gasteiger charge is -2.17. The van der Waals surface area contributed by atoms with E-state index in [1.165, 1.54) is 0 Å². The molecule has 122 valence electrons. The molecule has 1 atom stereocenters. The van der Waals surface area contributed by atoms with Gasteiger partial charge in [-0.2, -0.15) is 5.10 Å². The Morgan fingerprint density at radius 3 is 2.70 bits per heavy atom. The molecule has 6 nitrogen and oxygen atoms in total. The average molecular weight is 397 g/mol. The summed E-state index contributed by atoms with van der Waals surface area (Å²) in [5, 5.41) is 9.36. The largest absolute Gasteiger partial charge is 0.349 e. The molecule has 0 aliphatic heterocycles. The molecule has 1 aromatic heterocycles. The Kier molecular flexibility index (Phi) is 6.23. The summed E-state index contributed by atoms with van der Waals surface area (Å²) in [7, 11) is 0. The molecule has 2 rings (SSSR count). The van der Waals surface area contributed by atoms with Crippen LogP contribution in [0.1, 0.15) is 37.1 Å². The van der Waals surface area contributed by atoms with Crippen LogP contribution in [0.25, 0.3) is 0 Å². The molecule has 23 heavy (non-hydrogen) atoms. The fraction of sp³-hybridized carbons (Fsp3) is 0.333. The van der Waals surface area contributed by atoms with Crippen molar-refractivity contribution in [2.45, 2.75) is 32.2 Å². The predicted octanol–water partition coefficient (Wildman–Crippen LogP) is 2.79. The number of rotatable bonds is 6. The number of carbonyl (C=O) groups excluding carboxylic acids is 1. The molecule has 0 aliphatic carbocycles. The van der Waals surface area contributed by atoms with Crippen LogP contribution in [0.3, 0.4) is 0 Å². The number of aromatic nitrogens is 3. The first kappa shape index (κ1) is 17.6. The maximum absolute atomic E-state index is 12.1. The summed E-state index contributed by atoms with van der Waals surface area (Å²) in [6.45, 7) is 2.01. The van der Waals surface area contributed by atoms with Gasteiger partial charge in [0.2, 0.25) is 5.91 Å². The molecule has 0 saturated heterocycles. The average Bonchev–Trinajstić information content (AvgIpc) is 2.52. The summed E-state index contributed by atoms with van der Waals surface area (Å²) in [6.07, 6.45) is 1.22. The number of aryl methyl sites for hydroxylation is 1. The van der Waals surface area contributed by atoms with E-state index in [1.807, 2.05) is 31.2 Å². The van der Waals surface area contributed by atoms with Crippen molar-refractivity contribution in [3.63, 3.8) is 0 Å². The fourth-order valence-electron chi connectivity index (χ4n) is 2.16. The zero-order valence-corrected chi connectivity index (χ0v) is 15.0. The van der Waals surface area contributed by atoms with Crippen LogP contribution in [0.15, 0.2) is 33.5 Å². The molecule has 0 radical (unpaired) electrons. The number of aromatic amines is 2. The van der Waals surface area contributed by atoms with Crippen molar-refractivity contribution >= 4 is 34.1 Å². The molecule has 8 heteroatoms. The Hall–Kier alpha value is -1.80. The Labute approximate surface area is 146 Å². The van der Waals surface area contributed by atoms with Crippen LogP contribution in [0.2, 0.25) is 0 Å². The molecule has 0 unspecified atom stereocenters. The van der Waals surface area contributed by atoms with Crippen molar-refractivity contribution in [3.05, 3.63) is 55.1 Å². The molecule has 0 spiro atoms. The predicted molar refractivity (Wildman–Crippen MR) is 93.7 cm³/mol. The second kappa shape index (κ2) is 8.16. The molecular weight excluding hydrogens is 380 g/mol. The lowest BCUT2D eigenvalue weighted by atomic mass is 10.0. The van der Waals surface area contributed by atoms with Gasteiger partial charge >= 0.3 is 0 Å². The second-order valence-corrected chi connectivity index (χ2v) is 6.36. The third-order valence-electron chi connectivity index (χ3n) is 3.39. The minimum Gasteiger partial charge on any atom is -0.349 e. The highest BCUT2D eigenvalue weighted by Crippen LogP contribution is 2.19. The molecule has 0 bridgehead atoms. The van der Waals surface area contributed by atoms with Gasteiger partial charge in [0.25, 0.3) is 5.56 Å². The van der Waals surface area contributed by atoms with Gasteiger partial charge in [-0.25, -0.2) is 0 Å². The lowest BCUT2D eigenvalue weighted by Crippen LogP contribution is -2.29. The van der Waals surface area contributed by atoms with Crippen molar-refractivity contribution in [1.82, 2.24) is 20.5 Å². The minimum atomic E-state index is -0.360. The van der Waals surface area contributed by atoms with E-state index >= 15 is 0 Å². The summed E-state index contributed by atoms with van der Waals surface area (Å²) < 4.78 is 1.17. The Balaban J connectivity index is 1.96. The number of carbonyl (C=O) groups is 1. The maximum atomic E-state index is 12.1. The van der Waals surface area contributed by atoms with Gasteiger partial charge in [-0.15, -0.1) is 0 Å². The highest BCUT2D eigenvalue weighted by molar-refractivity contribution is 9.10. The molecular formula is C15H17BrN4O2S. The number of nitrogens with zero attached hydrogens (tertiary/aromatic N) is 1. The number of H-pyrrole nitrogens is 2. The van der Waals surface area contributed by atoms with E-state index < -0.39 is 0 Å². The highest BCUT2D eigenvalue weighted by atomic mass is 79.9. The van der Waals surface area contributed by atoms with Crippen molar-refractivity contribution in [1.29, 1.82) is 0 Å². The lowest BCUT2D eigenvalue weighted by molar-refractivity contribution is -0.121. The van der Waals surface area contributed by atoms with Gasteiger partial charge in [-0.1, -0.05) is 35.0 Å². The summed E-state index contributed by atoms with van der Waals surface area (Å²) in [5.41, 5.74) is 0.954. The number of benzene rings is 1. The molecule has 0 aliphatic rings. The van der Waals surface area contributed by atoms with Crippen LogP contribution in [0.4, 0.5) is 0 Å². The normalized spacial score (nSPS) is 11.9. The van der Waals surface area contributed by atoms with E-state index in [0.717, 1.165) is 16.5 Å². The monoisotopic (exact) mass is 396 g/mol. The van der Waals surface area contributed by atoms with Gasteiger partial charge in [0.1, 0.15) is 5.69 Å². The van der Waals surface area contributed by atoms with Crippen LogP contribution in [-0.2, 0) is 11.2 Å². The topological polar surface area (TPSA) is 90.6 Å². The van der Waals surface area contributed by atoms with E-state index in [4.69, 9.17) is 12.2 Å². The summed E-state index contributed by atoms with van der Waals surface area (Å²) in [4.78, 5) is 26.2. The van der Waals surface area contributed by atoms with Crippen molar-refractivity contribution in [3.8, 4) is 0 Å². The first-order valence-electron chi connectivity index (χ1n) is 7.22. The van der Waals surface area contributed by atoms with E-state index in [9.17, 15) is 9.59 Å². The Morgan fingerprint density at radius 2 is 2.09 bits per heavy atom. The Morgan fingerprint density at radius 1 is 1.39 bits per heavy atom. The molecule has 1 amide bonds. The number of amides is 1. The van der Waals surface area contributed by atoms with Crippen molar-refractivity contribution in [2.24, 2.45) is 0 Å². The highest BCUT2D eigenvalue weighted by Gasteiger charge is 2.13. The standard InChI is InChI=1S/C15H17BrN4O2S/c1-2-11(9-3-5-10(16)6-4-9)17-13(21)8-7-12-14(22)18-15(23)20-19-12/h3-6,11H,2,7-8H2,1H3,(H,17,21)(H2,18,20,22,23)/t11-/m1/s1. The smallest absolute Gasteiger partial charge is 0.273 e. The van der Waals surface area contributed by atoms with Crippen molar-refractivity contribution in [2.75, 3.05) is 0 Å². The zero-order valence-electron chi connectivity index (χ0n) is 12.6. The van der Waals surface area contributed by atoms with E-state index in [-0.39, 0.29) is 40.8 Å². The van der Waals surface area contributed by atoms with E-state index in [1.54, 1.807) is 0 Å². The first-order chi connectivity index (χ1) is 11.0. The van der Waals surface area contributed by atoms with Gasteiger partial charge in [0.15, 0.2) is 4.77 Å². The maximum Gasteiger partial charge on any atom is 0.273 e. The van der Waals surface area contributed by atoms with Gasteiger partial charge in [0.05, 0.1) is 6.04 Å². The van der Waals surface area contributed by atoms with Crippen molar-refractivity contribution < 1.29 is 4.79 Å². The van der Waals surface area contributed by atoms with Gasteiger partial charge in [0, 0.05) is 17.3 Å². The summed E-state index contributed by atoms with van der Waals surface area (Å²) >= 11 is 8.17. The van der Waals surface area contributed by atoms with E-state index in [0.29, 0.717) is 0 Å². The third kappa shape index (κ3) is 5.11. The molecule has 2 aromatic rings. The molecule has 0 saturated carbocycles. The molecule has 3 N–H and O–H groups in total. The van der Waals surface area contributed by atoms with Crippen LogP contribution in [-0.4, -0.2) is 21.1 Å². The summed E-state index contributed by atoms with van der Waals surface area (Å²) in [5.74, 6) is -0.122. The van der Waals surface area contributed by atoms with E-state index in [2.05, 4.69) is 36.4 Å². The quantitative estimate of drug-likeness (QED) is 0.654. The van der Waals surface area contributed by atoms with Crippen LogP contribution >= 0.6 is 28.1 Å². The summed E-state index contributed by atoms with van der Waals surface area (Å²) in [6, 6.07) is 7.78. The van der Waals surface area contributed by atoms with Gasteiger partial charge in [-0.3, -0.25) is 19.7 Å². The molecule has 1 aromatic carbocycles. The number of hydrogen-bond donors (Lipinski definition) is 3. The van der Waals surface area contributed by atoms with Crippen LogP contribution in [0, 0.1) is 4.77 Å². The fourth-order valence-corrected chi connectivity index (χ4v) is 2.56. The number of nitrogens with one attached hydrogen (secondary N) is 3. The van der Waals surface area contributed by atoms with Crippen LogP contribution in [0.5, 0.6) is 0 Å². The number of hydrogen-bond acceptors (Lipinski definition) is 4. The molecule has 0 fully saturated rings. The second-order valence-electron chi connectivity index (χ2n) is 5.03. The minimum absolute atomic E-state index is 0.0524. The first-order valence-corrected chi connectivity index (χ1v) is 8.42. The zero-order chi connectivity index (χ0) is 16.8. The third-order valence-corrected chi connectivity index (χ3v) is 4.11. The Bertz CT molecular complexity index is 785.